The third kappa shape index (κ3) is 9.24. The summed E-state index contributed by atoms with van der Waals surface area (Å²) in [4.78, 5) is 12.2. The van der Waals surface area contributed by atoms with Crippen LogP contribution in [0, 0.1) is 0 Å². The van der Waals surface area contributed by atoms with Gasteiger partial charge in [-0.25, -0.2) is 0 Å². The van der Waals surface area contributed by atoms with Gasteiger partial charge in [-0.3, -0.25) is 4.79 Å². The van der Waals surface area contributed by atoms with E-state index in [4.69, 9.17) is 28.4 Å². The maximum absolute atomic E-state index is 12.2. The molecule has 0 aromatic heterocycles. The molecule has 0 aliphatic carbocycles. The second-order valence-electron chi connectivity index (χ2n) is 9.20. The van der Waals surface area contributed by atoms with Crippen molar-refractivity contribution in [3.05, 3.63) is 108 Å². The summed E-state index contributed by atoms with van der Waals surface area (Å²) in [5.41, 5.74) is 3.05. The van der Waals surface area contributed by atoms with Crippen molar-refractivity contribution < 1.29 is 33.2 Å². The van der Waals surface area contributed by atoms with Crippen LogP contribution in [0.15, 0.2) is 91.0 Å². The van der Waals surface area contributed by atoms with Crippen molar-refractivity contribution in [1.82, 2.24) is 0 Å². The van der Waals surface area contributed by atoms with Gasteiger partial charge < -0.3 is 28.4 Å². The average molecular weight is 600 g/mol. The molecule has 0 saturated carbocycles. The Balaban J connectivity index is 1.59. The van der Waals surface area contributed by atoms with Gasteiger partial charge in [-0.05, 0) is 16.7 Å². The van der Waals surface area contributed by atoms with Crippen molar-refractivity contribution in [2.45, 2.75) is 57.5 Å². The Morgan fingerprint density at radius 2 is 1.23 bits per heavy atom. The van der Waals surface area contributed by atoms with Crippen molar-refractivity contribution in [2.75, 3.05) is 18.5 Å². The molecule has 0 unspecified atom stereocenters. The van der Waals surface area contributed by atoms with Crippen LogP contribution in [-0.4, -0.2) is 55.2 Å². The Kier molecular flexibility index (Phi) is 12.0. The van der Waals surface area contributed by atoms with Gasteiger partial charge in [0.15, 0.2) is 12.4 Å². The van der Waals surface area contributed by atoms with Crippen LogP contribution in [-0.2, 0) is 53.0 Å². The Morgan fingerprint density at radius 3 is 1.74 bits per heavy atom. The summed E-state index contributed by atoms with van der Waals surface area (Å²) in [7, 11) is 0. The van der Waals surface area contributed by atoms with E-state index in [1.165, 1.54) is 6.92 Å². The first-order valence-electron chi connectivity index (χ1n) is 13.1. The summed E-state index contributed by atoms with van der Waals surface area (Å²) >= 11 is 3.40. The molecule has 1 aliphatic rings. The normalized spacial score (nSPS) is 22.9. The van der Waals surface area contributed by atoms with Crippen molar-refractivity contribution >= 4 is 21.9 Å². The van der Waals surface area contributed by atoms with Gasteiger partial charge in [0.2, 0.25) is 0 Å². The van der Waals surface area contributed by atoms with Crippen molar-refractivity contribution in [1.29, 1.82) is 0 Å². The number of esters is 1. The number of carbonyl (C=O) groups excluding carboxylic acids is 1. The van der Waals surface area contributed by atoms with Crippen molar-refractivity contribution in [2.24, 2.45) is 0 Å². The summed E-state index contributed by atoms with van der Waals surface area (Å²) in [6.07, 6.45) is -3.49. The molecule has 208 valence electrons. The summed E-state index contributed by atoms with van der Waals surface area (Å²) in [6, 6.07) is 29.7. The van der Waals surface area contributed by atoms with Crippen LogP contribution >= 0.6 is 15.9 Å². The molecule has 1 saturated heterocycles. The molecule has 3 aromatic carbocycles. The minimum absolute atomic E-state index is 0.237. The van der Waals surface area contributed by atoms with Gasteiger partial charge in [0, 0.05) is 12.3 Å². The van der Waals surface area contributed by atoms with E-state index in [0.29, 0.717) is 31.8 Å². The van der Waals surface area contributed by atoms with E-state index in [0.717, 1.165) is 16.7 Å². The van der Waals surface area contributed by atoms with Gasteiger partial charge in [-0.15, -0.1) is 0 Å². The number of alkyl halides is 1. The molecule has 39 heavy (non-hydrogen) atoms. The molecular formula is C31H35BrO7. The molecule has 1 aliphatic heterocycles. The molecule has 8 heteroatoms. The Labute approximate surface area is 238 Å². The van der Waals surface area contributed by atoms with Crippen LogP contribution in [0.3, 0.4) is 0 Å². The van der Waals surface area contributed by atoms with Crippen molar-refractivity contribution in [3.63, 3.8) is 0 Å². The van der Waals surface area contributed by atoms with Gasteiger partial charge in [-0.2, -0.15) is 0 Å². The first kappa shape index (κ1) is 29.4. The maximum atomic E-state index is 12.2. The zero-order valence-electron chi connectivity index (χ0n) is 22.0. The summed E-state index contributed by atoms with van der Waals surface area (Å²) in [5.74, 6) is -0.454. The topological polar surface area (TPSA) is 72.5 Å². The number of rotatable bonds is 14. The van der Waals surface area contributed by atoms with Crippen LogP contribution in [0.2, 0.25) is 0 Å². The molecule has 3 aromatic rings. The second-order valence-corrected chi connectivity index (χ2v) is 9.99. The number of hydrogen-bond donors (Lipinski definition) is 0. The molecule has 0 N–H and O–H groups in total. The smallest absolute Gasteiger partial charge is 0.303 e. The highest BCUT2D eigenvalue weighted by atomic mass is 79.9. The highest BCUT2D eigenvalue weighted by molar-refractivity contribution is 9.09. The summed E-state index contributed by atoms with van der Waals surface area (Å²) in [5, 5.41) is 0.596. The lowest BCUT2D eigenvalue weighted by Crippen LogP contribution is -2.62. The minimum Gasteiger partial charge on any atom is -0.454 e. The predicted octanol–water partition coefficient (Wildman–Crippen LogP) is 5.44. The monoisotopic (exact) mass is 598 g/mol. The fraction of sp³-hybridized carbons (Fsp3) is 0.387. The summed E-state index contributed by atoms with van der Waals surface area (Å²) < 4.78 is 37.1. The Bertz CT molecular complexity index is 1100. The fourth-order valence-electron chi connectivity index (χ4n) is 4.42. The average Bonchev–Trinajstić information content (AvgIpc) is 2.96. The van der Waals surface area contributed by atoms with E-state index >= 15 is 0 Å². The molecule has 5 atom stereocenters. The van der Waals surface area contributed by atoms with Gasteiger partial charge in [0.05, 0.1) is 33.0 Å². The van der Waals surface area contributed by atoms with Crippen LogP contribution < -0.4 is 0 Å². The standard InChI is InChI=1S/C31H35BrO7/c1-23(33)38-30-29(37-21-26-15-9-4-10-16-26)28(36-20-25-13-7-3-8-14-25)27(39-31(30)35-18-17-32)22-34-19-24-11-5-2-6-12-24/h2-16,27-31H,17-22H2,1H3/t27-,28-,29+,30+,31+/m1/s1. The predicted molar refractivity (Wildman–Crippen MR) is 150 cm³/mol. The molecule has 1 heterocycles. The number of ether oxygens (including phenoxy) is 6. The van der Waals surface area contributed by atoms with Crippen LogP contribution in [0.5, 0.6) is 0 Å². The van der Waals surface area contributed by atoms with E-state index in [-0.39, 0.29) is 6.61 Å². The largest absolute Gasteiger partial charge is 0.454 e. The zero-order chi connectivity index (χ0) is 27.3. The van der Waals surface area contributed by atoms with E-state index in [1.54, 1.807) is 0 Å². The molecule has 0 radical (unpaired) electrons. The van der Waals surface area contributed by atoms with Crippen LogP contribution in [0.1, 0.15) is 23.6 Å². The molecule has 0 amide bonds. The molecular weight excluding hydrogens is 564 g/mol. The third-order valence-electron chi connectivity index (χ3n) is 6.22. The lowest BCUT2D eigenvalue weighted by Gasteiger charge is -2.45. The van der Waals surface area contributed by atoms with E-state index < -0.39 is 36.7 Å². The van der Waals surface area contributed by atoms with Gasteiger partial charge in [-0.1, -0.05) is 107 Å². The van der Waals surface area contributed by atoms with Crippen molar-refractivity contribution in [3.8, 4) is 0 Å². The number of halogens is 1. The first-order chi connectivity index (χ1) is 19.1. The second kappa shape index (κ2) is 15.9. The highest BCUT2D eigenvalue weighted by Crippen LogP contribution is 2.31. The van der Waals surface area contributed by atoms with E-state index in [2.05, 4.69) is 15.9 Å². The number of benzene rings is 3. The quantitative estimate of drug-likeness (QED) is 0.181. The van der Waals surface area contributed by atoms with E-state index in [1.807, 2.05) is 91.0 Å². The maximum Gasteiger partial charge on any atom is 0.303 e. The Hall–Kier alpha value is -2.59. The van der Waals surface area contributed by atoms with Gasteiger partial charge in [0.25, 0.3) is 0 Å². The zero-order valence-corrected chi connectivity index (χ0v) is 23.6. The van der Waals surface area contributed by atoms with Crippen LogP contribution in [0.25, 0.3) is 0 Å². The number of hydrogen-bond acceptors (Lipinski definition) is 7. The minimum atomic E-state index is -0.853. The van der Waals surface area contributed by atoms with Gasteiger partial charge >= 0.3 is 5.97 Å². The fourth-order valence-corrected chi connectivity index (χ4v) is 4.60. The molecule has 7 nitrogen and oxygen atoms in total. The molecule has 0 bridgehead atoms. The highest BCUT2D eigenvalue weighted by Gasteiger charge is 2.50. The number of carbonyl (C=O) groups is 1. The molecule has 4 rings (SSSR count). The SMILES string of the molecule is CC(=O)O[C@@H]1[C@@H](OCCBr)O[C@H](COCc2ccccc2)[C@@H](OCc2ccccc2)[C@@H]1OCc1ccccc1. The van der Waals surface area contributed by atoms with Gasteiger partial charge in [0.1, 0.15) is 18.3 Å². The lowest BCUT2D eigenvalue weighted by molar-refractivity contribution is -0.319. The third-order valence-corrected chi connectivity index (χ3v) is 6.54. The molecule has 1 fully saturated rings. The lowest BCUT2D eigenvalue weighted by atomic mass is 9.98. The molecule has 0 spiro atoms. The Morgan fingerprint density at radius 1 is 0.718 bits per heavy atom. The first-order valence-corrected chi connectivity index (χ1v) is 14.2. The summed E-state index contributed by atoms with van der Waals surface area (Å²) in [6.45, 7) is 3.01. The van der Waals surface area contributed by atoms with Crippen LogP contribution in [0.4, 0.5) is 0 Å². The van der Waals surface area contributed by atoms with E-state index in [9.17, 15) is 4.79 Å².